The van der Waals surface area contributed by atoms with Gasteiger partial charge >= 0.3 is 0 Å². The Balaban J connectivity index is 1.32. The Hall–Kier alpha value is -1.58. The maximum Gasteiger partial charge on any atom is 0.117 e. The largest absolute Gasteiger partial charge is 0.468 e. The highest BCUT2D eigenvalue weighted by Crippen LogP contribution is 2.36. The van der Waals surface area contributed by atoms with E-state index in [1.165, 1.54) is 63.4 Å². The SMILES string of the molecule is NC1CCC(CC2CCC(N(Cc3ccccc3)Cc3ccco3)CC2)CC1. The van der Waals surface area contributed by atoms with Crippen LogP contribution in [0, 0.1) is 11.8 Å². The molecule has 3 heteroatoms. The van der Waals surface area contributed by atoms with E-state index in [4.69, 9.17) is 10.2 Å². The summed E-state index contributed by atoms with van der Waals surface area (Å²) in [6, 6.07) is 16.1. The lowest BCUT2D eigenvalue weighted by atomic mass is 9.75. The van der Waals surface area contributed by atoms with Gasteiger partial charge in [-0.25, -0.2) is 0 Å². The minimum absolute atomic E-state index is 0.472. The molecule has 2 aliphatic carbocycles. The van der Waals surface area contributed by atoms with E-state index in [2.05, 4.69) is 41.3 Å². The average molecular weight is 381 g/mol. The fraction of sp³-hybridized carbons (Fsp3) is 0.600. The lowest BCUT2D eigenvalue weighted by Crippen LogP contribution is -2.37. The molecular formula is C25H36N2O. The molecule has 0 radical (unpaired) electrons. The van der Waals surface area contributed by atoms with Crippen LogP contribution >= 0.6 is 0 Å². The Morgan fingerprint density at radius 1 is 0.786 bits per heavy atom. The second kappa shape index (κ2) is 9.76. The maximum atomic E-state index is 6.09. The van der Waals surface area contributed by atoms with Crippen LogP contribution in [0.15, 0.2) is 53.1 Å². The first-order valence-electron chi connectivity index (χ1n) is 11.3. The molecule has 0 atom stereocenters. The Bertz CT molecular complexity index is 668. The van der Waals surface area contributed by atoms with Gasteiger partial charge in [0, 0.05) is 18.6 Å². The maximum absolute atomic E-state index is 6.09. The van der Waals surface area contributed by atoms with Crippen molar-refractivity contribution >= 4 is 0 Å². The quantitative estimate of drug-likeness (QED) is 0.665. The number of nitrogens with two attached hydrogens (primary N) is 1. The van der Waals surface area contributed by atoms with E-state index < -0.39 is 0 Å². The molecule has 0 spiro atoms. The van der Waals surface area contributed by atoms with Crippen LogP contribution < -0.4 is 5.73 Å². The van der Waals surface area contributed by atoms with Crippen molar-refractivity contribution < 1.29 is 4.42 Å². The van der Waals surface area contributed by atoms with Gasteiger partial charge in [0.1, 0.15) is 5.76 Å². The highest BCUT2D eigenvalue weighted by Gasteiger charge is 2.29. The molecule has 3 nitrogen and oxygen atoms in total. The molecule has 152 valence electrons. The van der Waals surface area contributed by atoms with Crippen LogP contribution in [-0.4, -0.2) is 17.0 Å². The van der Waals surface area contributed by atoms with Crippen LogP contribution in [0.2, 0.25) is 0 Å². The van der Waals surface area contributed by atoms with Gasteiger partial charge in [-0.15, -0.1) is 0 Å². The third-order valence-corrected chi connectivity index (χ3v) is 7.06. The van der Waals surface area contributed by atoms with Gasteiger partial charge in [0.15, 0.2) is 0 Å². The Kier molecular flexibility index (Phi) is 6.87. The summed E-state index contributed by atoms with van der Waals surface area (Å²) in [5.74, 6) is 2.94. The van der Waals surface area contributed by atoms with Gasteiger partial charge in [-0.3, -0.25) is 4.90 Å². The van der Waals surface area contributed by atoms with E-state index in [-0.39, 0.29) is 0 Å². The van der Waals surface area contributed by atoms with Crippen LogP contribution in [-0.2, 0) is 13.1 Å². The molecule has 1 heterocycles. The summed E-state index contributed by atoms with van der Waals surface area (Å²) in [6.07, 6.45) is 13.9. The van der Waals surface area contributed by atoms with E-state index >= 15 is 0 Å². The highest BCUT2D eigenvalue weighted by atomic mass is 16.3. The lowest BCUT2D eigenvalue weighted by molar-refractivity contribution is 0.104. The molecule has 2 aromatic rings. The monoisotopic (exact) mass is 380 g/mol. The van der Waals surface area contributed by atoms with Crippen molar-refractivity contribution in [2.24, 2.45) is 17.6 Å². The fourth-order valence-electron chi connectivity index (χ4n) is 5.38. The smallest absolute Gasteiger partial charge is 0.117 e. The molecule has 1 aromatic heterocycles. The summed E-state index contributed by atoms with van der Waals surface area (Å²) in [4.78, 5) is 2.64. The number of benzene rings is 1. The highest BCUT2D eigenvalue weighted by molar-refractivity contribution is 5.15. The van der Waals surface area contributed by atoms with Crippen molar-refractivity contribution in [3.8, 4) is 0 Å². The summed E-state index contributed by atoms with van der Waals surface area (Å²) in [5.41, 5.74) is 7.49. The standard InChI is InChI=1S/C25H36N2O/c26-23-12-8-20(9-13-23)17-21-10-14-24(15-11-21)27(19-25-7-4-16-28-25)18-22-5-2-1-3-6-22/h1-7,16,20-21,23-24H,8-15,17-19,26H2. The van der Waals surface area contributed by atoms with Gasteiger partial charge in [0.2, 0.25) is 0 Å². The minimum Gasteiger partial charge on any atom is -0.468 e. The van der Waals surface area contributed by atoms with Crippen molar-refractivity contribution in [1.29, 1.82) is 0 Å². The molecule has 2 N–H and O–H groups in total. The average Bonchev–Trinajstić information content (AvgIpc) is 3.24. The van der Waals surface area contributed by atoms with Crippen LogP contribution in [0.4, 0.5) is 0 Å². The zero-order valence-corrected chi connectivity index (χ0v) is 17.1. The lowest BCUT2D eigenvalue weighted by Gasteiger charge is -2.38. The van der Waals surface area contributed by atoms with Crippen molar-refractivity contribution in [3.63, 3.8) is 0 Å². The molecule has 0 aliphatic heterocycles. The molecule has 2 saturated carbocycles. The topological polar surface area (TPSA) is 42.4 Å². The summed E-state index contributed by atoms with van der Waals surface area (Å²) < 4.78 is 5.67. The number of hydrogen-bond donors (Lipinski definition) is 1. The third-order valence-electron chi connectivity index (χ3n) is 7.06. The number of hydrogen-bond acceptors (Lipinski definition) is 3. The van der Waals surface area contributed by atoms with E-state index in [1.54, 1.807) is 6.26 Å². The third kappa shape index (κ3) is 5.48. The molecule has 1 aromatic carbocycles. The second-order valence-electron chi connectivity index (χ2n) is 9.16. The second-order valence-corrected chi connectivity index (χ2v) is 9.16. The summed E-state index contributed by atoms with van der Waals surface area (Å²) in [5, 5.41) is 0. The van der Waals surface area contributed by atoms with Crippen LogP contribution in [0.1, 0.15) is 69.1 Å². The first-order chi connectivity index (χ1) is 13.8. The van der Waals surface area contributed by atoms with Crippen molar-refractivity contribution in [2.45, 2.75) is 83.0 Å². The van der Waals surface area contributed by atoms with Crippen molar-refractivity contribution in [2.75, 3.05) is 0 Å². The molecule has 28 heavy (non-hydrogen) atoms. The van der Waals surface area contributed by atoms with Crippen molar-refractivity contribution in [1.82, 2.24) is 4.90 Å². The van der Waals surface area contributed by atoms with Gasteiger partial charge in [-0.2, -0.15) is 0 Å². The first kappa shape index (κ1) is 19.7. The predicted octanol–water partition coefficient (Wildman–Crippen LogP) is 5.75. The van der Waals surface area contributed by atoms with Crippen LogP contribution in [0.25, 0.3) is 0 Å². The summed E-state index contributed by atoms with van der Waals surface area (Å²) in [6.45, 7) is 1.93. The van der Waals surface area contributed by atoms with E-state index in [0.29, 0.717) is 12.1 Å². The van der Waals surface area contributed by atoms with Crippen LogP contribution in [0.3, 0.4) is 0 Å². The Morgan fingerprint density at radius 3 is 2.11 bits per heavy atom. The van der Waals surface area contributed by atoms with E-state index in [0.717, 1.165) is 30.7 Å². The number of furan rings is 1. The Labute approximate surface area is 170 Å². The molecule has 0 unspecified atom stereocenters. The van der Waals surface area contributed by atoms with E-state index in [9.17, 15) is 0 Å². The van der Waals surface area contributed by atoms with Crippen LogP contribution in [0.5, 0.6) is 0 Å². The Morgan fingerprint density at radius 2 is 1.46 bits per heavy atom. The number of rotatable bonds is 7. The number of nitrogens with zero attached hydrogens (tertiary/aromatic N) is 1. The first-order valence-corrected chi connectivity index (χ1v) is 11.3. The normalized spacial score (nSPS) is 28.5. The summed E-state index contributed by atoms with van der Waals surface area (Å²) >= 11 is 0. The zero-order valence-electron chi connectivity index (χ0n) is 17.1. The van der Waals surface area contributed by atoms with Gasteiger partial charge in [0.05, 0.1) is 12.8 Å². The fourth-order valence-corrected chi connectivity index (χ4v) is 5.38. The molecule has 2 aliphatic rings. The van der Waals surface area contributed by atoms with E-state index in [1.807, 2.05) is 6.07 Å². The molecule has 0 amide bonds. The van der Waals surface area contributed by atoms with Gasteiger partial charge in [0.25, 0.3) is 0 Å². The molecule has 0 bridgehead atoms. The predicted molar refractivity (Wildman–Crippen MR) is 115 cm³/mol. The van der Waals surface area contributed by atoms with Gasteiger partial charge in [-0.05, 0) is 87.3 Å². The molecule has 4 rings (SSSR count). The molecule has 2 fully saturated rings. The van der Waals surface area contributed by atoms with Crippen molar-refractivity contribution in [3.05, 3.63) is 60.1 Å². The summed E-state index contributed by atoms with van der Waals surface area (Å²) in [7, 11) is 0. The van der Waals surface area contributed by atoms with Gasteiger partial charge < -0.3 is 10.2 Å². The minimum atomic E-state index is 0.472. The zero-order chi connectivity index (χ0) is 19.2. The van der Waals surface area contributed by atoms with Gasteiger partial charge in [-0.1, -0.05) is 30.3 Å². The molecular weight excluding hydrogens is 344 g/mol. The molecule has 0 saturated heterocycles.